The molecule has 1 N–H and O–H groups in total. The van der Waals surface area contributed by atoms with Gasteiger partial charge < -0.3 is 10.0 Å². The maximum absolute atomic E-state index is 12.3. The molecule has 7 heteroatoms. The van der Waals surface area contributed by atoms with Crippen molar-refractivity contribution in [3.05, 3.63) is 18.0 Å². The van der Waals surface area contributed by atoms with Crippen LogP contribution in [-0.2, 0) is 22.7 Å². The van der Waals surface area contributed by atoms with Crippen molar-refractivity contribution < 1.29 is 14.7 Å². The van der Waals surface area contributed by atoms with Crippen molar-refractivity contribution in [3.8, 4) is 0 Å². The number of carbonyl (C=O) groups excluding carboxylic acids is 1. The van der Waals surface area contributed by atoms with Gasteiger partial charge in [0.2, 0.25) is 5.91 Å². The van der Waals surface area contributed by atoms with E-state index in [1.165, 1.54) is 0 Å². The largest absolute Gasteiger partial charge is 0.480 e. The molecule has 7 nitrogen and oxygen atoms in total. The van der Waals surface area contributed by atoms with Crippen LogP contribution in [0.2, 0.25) is 0 Å². The third-order valence-corrected chi connectivity index (χ3v) is 6.35. The lowest BCUT2D eigenvalue weighted by atomic mass is 9.76. The van der Waals surface area contributed by atoms with E-state index in [4.69, 9.17) is 0 Å². The lowest BCUT2D eigenvalue weighted by Crippen LogP contribution is -2.44. The average molecular weight is 360 g/mol. The number of carboxylic acids is 1. The minimum Gasteiger partial charge on any atom is -0.480 e. The molecule has 1 spiro atoms. The number of aliphatic carboxylic acids is 1. The first-order chi connectivity index (χ1) is 12.5. The molecule has 3 fully saturated rings. The highest BCUT2D eigenvalue weighted by molar-refractivity contribution is 5.81. The molecule has 1 aromatic rings. The Morgan fingerprint density at radius 3 is 2.62 bits per heavy atom. The number of aryl methyl sites for hydroxylation is 1. The highest BCUT2D eigenvalue weighted by Crippen LogP contribution is 2.44. The number of carbonyl (C=O) groups is 2. The van der Waals surface area contributed by atoms with Gasteiger partial charge in [-0.15, -0.1) is 0 Å². The van der Waals surface area contributed by atoms with Gasteiger partial charge in [-0.1, -0.05) is 0 Å². The molecule has 0 radical (unpaired) electrons. The molecule has 1 aromatic heterocycles. The Balaban J connectivity index is 1.42. The summed E-state index contributed by atoms with van der Waals surface area (Å²) in [6.07, 6.45) is 8.45. The fraction of sp³-hybridized carbons (Fsp3) is 0.737. The Morgan fingerprint density at radius 2 is 2.04 bits per heavy atom. The van der Waals surface area contributed by atoms with Gasteiger partial charge in [0, 0.05) is 50.4 Å². The van der Waals surface area contributed by atoms with Gasteiger partial charge >= 0.3 is 5.97 Å². The zero-order valence-corrected chi connectivity index (χ0v) is 15.4. The lowest BCUT2D eigenvalue weighted by Gasteiger charge is -2.39. The molecule has 4 rings (SSSR count). The number of amides is 1. The highest BCUT2D eigenvalue weighted by atomic mass is 16.4. The maximum Gasteiger partial charge on any atom is 0.320 e. The van der Waals surface area contributed by atoms with Crippen molar-refractivity contribution in [1.29, 1.82) is 0 Å². The van der Waals surface area contributed by atoms with Gasteiger partial charge in [0.1, 0.15) is 6.04 Å². The van der Waals surface area contributed by atoms with Crippen LogP contribution in [0.4, 0.5) is 0 Å². The maximum atomic E-state index is 12.3. The topological polar surface area (TPSA) is 78.7 Å². The predicted molar refractivity (Wildman–Crippen MR) is 95.3 cm³/mol. The van der Waals surface area contributed by atoms with Crippen LogP contribution in [-0.4, -0.2) is 62.2 Å². The Morgan fingerprint density at radius 1 is 1.31 bits per heavy atom. The zero-order chi connectivity index (χ0) is 18.3. The average Bonchev–Trinajstić information content (AvgIpc) is 3.29. The summed E-state index contributed by atoms with van der Waals surface area (Å²) in [5, 5.41) is 14.0. The van der Waals surface area contributed by atoms with E-state index in [-0.39, 0.29) is 11.3 Å². The SMILES string of the molecule is CCn1cc(CN2CC3(CCN(C(=O)C4CC4)CC3)C[C@H]2C(=O)O)cn1. The van der Waals surface area contributed by atoms with Crippen molar-refractivity contribution in [2.24, 2.45) is 11.3 Å². The standard InChI is InChI=1S/C19H28N4O3/c1-2-23-12-14(10-20-23)11-22-13-19(9-16(22)18(25)26)5-7-21(8-6-19)17(24)15-3-4-15/h10,12,15-16H,2-9,11,13H2,1H3,(H,25,26)/t16-/m0/s1. The number of carboxylic acid groups (broad SMARTS) is 1. The molecule has 0 unspecified atom stereocenters. The smallest absolute Gasteiger partial charge is 0.320 e. The number of nitrogens with zero attached hydrogens (tertiary/aromatic N) is 4. The first-order valence-corrected chi connectivity index (χ1v) is 9.77. The van der Waals surface area contributed by atoms with Crippen molar-refractivity contribution in [2.45, 2.75) is 58.2 Å². The molecule has 2 aliphatic heterocycles. The fourth-order valence-corrected chi connectivity index (χ4v) is 4.60. The highest BCUT2D eigenvalue weighted by Gasteiger charge is 2.49. The van der Waals surface area contributed by atoms with Crippen molar-refractivity contribution >= 4 is 11.9 Å². The lowest BCUT2D eigenvalue weighted by molar-refractivity contribution is -0.142. The van der Waals surface area contributed by atoms with Crippen LogP contribution in [0.1, 0.15) is 44.6 Å². The molecule has 2 saturated heterocycles. The number of likely N-dealkylation sites (tertiary alicyclic amines) is 2. The first-order valence-electron chi connectivity index (χ1n) is 9.77. The van der Waals surface area contributed by atoms with E-state index in [9.17, 15) is 14.7 Å². The number of piperidine rings is 1. The monoisotopic (exact) mass is 360 g/mol. The molecule has 142 valence electrons. The summed E-state index contributed by atoms with van der Waals surface area (Å²) in [4.78, 5) is 28.2. The first kappa shape index (κ1) is 17.5. The zero-order valence-electron chi connectivity index (χ0n) is 15.4. The van der Waals surface area contributed by atoms with Crippen LogP contribution in [0.5, 0.6) is 0 Å². The Kier molecular flexibility index (Phi) is 4.50. The van der Waals surface area contributed by atoms with Crippen LogP contribution >= 0.6 is 0 Å². The molecule has 1 amide bonds. The van der Waals surface area contributed by atoms with E-state index in [2.05, 4.69) is 10.00 Å². The summed E-state index contributed by atoms with van der Waals surface area (Å²) in [5.74, 6) is -0.149. The second-order valence-corrected chi connectivity index (χ2v) is 8.27. The molecular weight excluding hydrogens is 332 g/mol. The Bertz CT molecular complexity index is 689. The fourth-order valence-electron chi connectivity index (χ4n) is 4.60. The van der Waals surface area contributed by atoms with Crippen LogP contribution in [0.15, 0.2) is 12.4 Å². The second kappa shape index (κ2) is 6.68. The van der Waals surface area contributed by atoms with Gasteiger partial charge in [-0.3, -0.25) is 19.2 Å². The van der Waals surface area contributed by atoms with Crippen molar-refractivity contribution in [2.75, 3.05) is 19.6 Å². The minimum absolute atomic E-state index is 0.0319. The Labute approximate surface area is 153 Å². The summed E-state index contributed by atoms with van der Waals surface area (Å²) in [5.41, 5.74) is 1.10. The number of aromatic nitrogens is 2. The van der Waals surface area contributed by atoms with Gasteiger partial charge in [-0.2, -0.15) is 5.10 Å². The number of hydrogen-bond acceptors (Lipinski definition) is 4. The van der Waals surface area contributed by atoms with Gasteiger partial charge in [-0.25, -0.2) is 0 Å². The molecule has 3 aliphatic rings. The van der Waals surface area contributed by atoms with Crippen molar-refractivity contribution in [1.82, 2.24) is 19.6 Å². The molecule has 1 saturated carbocycles. The normalized spacial score (nSPS) is 25.7. The van der Waals surface area contributed by atoms with Gasteiger partial charge in [0.15, 0.2) is 0 Å². The van der Waals surface area contributed by atoms with Crippen LogP contribution in [0.25, 0.3) is 0 Å². The van der Waals surface area contributed by atoms with E-state index >= 15 is 0 Å². The van der Waals surface area contributed by atoms with Gasteiger partial charge in [0.25, 0.3) is 0 Å². The number of rotatable bonds is 5. The summed E-state index contributed by atoms with van der Waals surface area (Å²) >= 11 is 0. The van der Waals surface area contributed by atoms with Gasteiger partial charge in [-0.05, 0) is 44.4 Å². The molecule has 3 heterocycles. The summed E-state index contributed by atoms with van der Waals surface area (Å²) in [6.45, 7) is 5.85. The summed E-state index contributed by atoms with van der Waals surface area (Å²) < 4.78 is 1.87. The van der Waals surface area contributed by atoms with E-state index in [1.54, 1.807) is 0 Å². The minimum atomic E-state index is -0.735. The molecule has 1 atom stereocenters. The molecule has 26 heavy (non-hydrogen) atoms. The third kappa shape index (κ3) is 3.37. The summed E-state index contributed by atoms with van der Waals surface area (Å²) in [6, 6.07) is -0.439. The molecular formula is C19H28N4O3. The van der Waals surface area contributed by atoms with Crippen LogP contribution in [0, 0.1) is 11.3 Å². The quantitative estimate of drug-likeness (QED) is 0.862. The summed E-state index contributed by atoms with van der Waals surface area (Å²) in [7, 11) is 0. The molecule has 1 aliphatic carbocycles. The predicted octanol–water partition coefficient (Wildman–Crippen LogP) is 1.58. The second-order valence-electron chi connectivity index (χ2n) is 8.27. The van der Waals surface area contributed by atoms with Crippen LogP contribution < -0.4 is 0 Å². The Hall–Kier alpha value is -1.89. The van der Waals surface area contributed by atoms with E-state index in [1.807, 2.05) is 28.9 Å². The molecule has 0 aromatic carbocycles. The number of hydrogen-bond donors (Lipinski definition) is 1. The van der Waals surface area contributed by atoms with Crippen molar-refractivity contribution in [3.63, 3.8) is 0 Å². The van der Waals surface area contributed by atoms with E-state index in [0.717, 1.165) is 57.4 Å². The van der Waals surface area contributed by atoms with E-state index < -0.39 is 12.0 Å². The van der Waals surface area contributed by atoms with E-state index in [0.29, 0.717) is 18.9 Å². The molecule has 0 bridgehead atoms. The van der Waals surface area contributed by atoms with Gasteiger partial charge in [0.05, 0.1) is 6.20 Å². The third-order valence-electron chi connectivity index (χ3n) is 6.35. The van der Waals surface area contributed by atoms with Crippen LogP contribution in [0.3, 0.4) is 0 Å².